The number of aromatic nitrogens is 3. The van der Waals surface area contributed by atoms with Crippen molar-refractivity contribution in [3.8, 4) is 11.1 Å². The fourth-order valence-corrected chi connectivity index (χ4v) is 5.15. The minimum Gasteiger partial charge on any atom is -0.334 e. The minimum atomic E-state index is -3.28. The number of aryl methyl sites for hydroxylation is 1. The Morgan fingerprint density at radius 2 is 1.70 bits per heavy atom. The van der Waals surface area contributed by atoms with E-state index in [1.165, 1.54) is 11.8 Å². The molecular formula is C31H29N3O2S. The van der Waals surface area contributed by atoms with E-state index in [0.29, 0.717) is 10.8 Å². The first-order chi connectivity index (χ1) is 17.7. The van der Waals surface area contributed by atoms with Crippen LogP contribution in [-0.4, -0.2) is 29.2 Å². The zero-order valence-corrected chi connectivity index (χ0v) is 22.2. The van der Waals surface area contributed by atoms with Gasteiger partial charge in [-0.1, -0.05) is 50.2 Å². The van der Waals surface area contributed by atoms with E-state index in [4.69, 9.17) is 4.98 Å². The van der Waals surface area contributed by atoms with Gasteiger partial charge in [0.15, 0.2) is 9.84 Å². The summed E-state index contributed by atoms with van der Waals surface area (Å²) in [6, 6.07) is 23.9. The average molecular weight is 508 g/mol. The molecule has 0 spiro atoms. The molecule has 6 heteroatoms. The summed E-state index contributed by atoms with van der Waals surface area (Å²) in [6.45, 7) is 4.41. The van der Waals surface area contributed by atoms with E-state index in [2.05, 4.69) is 67.4 Å². The first kappa shape index (κ1) is 24.7. The van der Waals surface area contributed by atoms with Gasteiger partial charge >= 0.3 is 0 Å². The summed E-state index contributed by atoms with van der Waals surface area (Å²) in [5.41, 5.74) is 7.26. The Hall–Kier alpha value is -4.03. The molecule has 0 aliphatic carbocycles. The van der Waals surface area contributed by atoms with E-state index in [-0.39, 0.29) is 0 Å². The Kier molecular flexibility index (Phi) is 6.52. The van der Waals surface area contributed by atoms with Crippen LogP contribution in [0.2, 0.25) is 0 Å². The molecule has 0 fully saturated rings. The van der Waals surface area contributed by atoms with Crippen molar-refractivity contribution in [3.05, 3.63) is 114 Å². The molecule has 0 amide bonds. The quantitative estimate of drug-likeness (QED) is 0.238. The molecule has 2 heterocycles. The highest BCUT2D eigenvalue weighted by Crippen LogP contribution is 2.33. The molecule has 0 atom stereocenters. The molecule has 5 rings (SSSR count). The van der Waals surface area contributed by atoms with Crippen molar-refractivity contribution < 1.29 is 8.42 Å². The maximum atomic E-state index is 12.0. The lowest BCUT2D eigenvalue weighted by atomic mass is 9.93. The summed E-state index contributed by atoms with van der Waals surface area (Å²) in [6.07, 6.45) is 8.82. The monoisotopic (exact) mass is 507 g/mol. The van der Waals surface area contributed by atoms with E-state index in [9.17, 15) is 8.42 Å². The number of pyridine rings is 1. The van der Waals surface area contributed by atoms with Crippen LogP contribution in [-0.2, 0) is 16.9 Å². The zero-order valence-electron chi connectivity index (χ0n) is 21.4. The van der Waals surface area contributed by atoms with E-state index >= 15 is 0 Å². The highest BCUT2D eigenvalue weighted by atomic mass is 32.2. The third kappa shape index (κ3) is 5.11. The smallest absolute Gasteiger partial charge is 0.175 e. The van der Waals surface area contributed by atoms with Crippen LogP contribution in [0.1, 0.15) is 42.3 Å². The van der Waals surface area contributed by atoms with Crippen molar-refractivity contribution in [1.29, 1.82) is 0 Å². The average Bonchev–Trinajstić information content (AvgIpc) is 3.31. The Morgan fingerprint density at radius 3 is 2.38 bits per heavy atom. The van der Waals surface area contributed by atoms with E-state index in [1.54, 1.807) is 18.3 Å². The summed E-state index contributed by atoms with van der Waals surface area (Å²) < 4.78 is 25.9. The van der Waals surface area contributed by atoms with E-state index in [1.807, 2.05) is 42.2 Å². The summed E-state index contributed by atoms with van der Waals surface area (Å²) in [7, 11) is -1.33. The van der Waals surface area contributed by atoms with Crippen LogP contribution >= 0.6 is 0 Å². The molecule has 0 saturated carbocycles. The molecule has 0 bridgehead atoms. The number of fused-ring (bicyclic) bond motifs is 1. The summed E-state index contributed by atoms with van der Waals surface area (Å²) in [5.74, 6) is 1.20. The van der Waals surface area contributed by atoms with Gasteiger partial charge in [-0.3, -0.25) is 4.98 Å². The normalized spacial score (nSPS) is 12.4. The molecule has 2 aromatic heterocycles. The number of rotatable bonds is 6. The molecule has 0 aliphatic rings. The number of hydrogen-bond acceptors (Lipinski definition) is 4. The Labute approximate surface area is 218 Å². The molecule has 3 aromatic carbocycles. The van der Waals surface area contributed by atoms with Crippen LogP contribution in [0, 0.1) is 0 Å². The third-order valence-electron chi connectivity index (χ3n) is 6.56. The molecule has 0 N–H and O–H groups in total. The number of benzene rings is 3. The van der Waals surface area contributed by atoms with Gasteiger partial charge in [-0.15, -0.1) is 0 Å². The van der Waals surface area contributed by atoms with Crippen molar-refractivity contribution in [3.63, 3.8) is 0 Å². The van der Waals surface area contributed by atoms with Crippen LogP contribution in [0.15, 0.2) is 96.3 Å². The van der Waals surface area contributed by atoms with Gasteiger partial charge in [-0.2, -0.15) is 0 Å². The second-order valence-electron chi connectivity index (χ2n) is 9.64. The maximum Gasteiger partial charge on any atom is 0.175 e. The van der Waals surface area contributed by atoms with Crippen LogP contribution in [0.25, 0.3) is 33.7 Å². The fraction of sp³-hybridized carbons (Fsp3) is 0.161. The lowest BCUT2D eigenvalue weighted by molar-refractivity contribution is 0.602. The topological polar surface area (TPSA) is 64.8 Å². The van der Waals surface area contributed by atoms with Crippen molar-refractivity contribution in [2.24, 2.45) is 7.05 Å². The molecular weight excluding hydrogens is 478 g/mol. The maximum absolute atomic E-state index is 12.0. The van der Waals surface area contributed by atoms with Gasteiger partial charge in [0.2, 0.25) is 0 Å². The highest BCUT2D eigenvalue weighted by molar-refractivity contribution is 7.90. The van der Waals surface area contributed by atoms with Crippen molar-refractivity contribution >= 4 is 32.4 Å². The summed E-state index contributed by atoms with van der Waals surface area (Å²) >= 11 is 0. The standard InChI is InChI=1S/C31H29N3O2S/c1-21(2)26-19-25-9-6-14-32-30(25)28(20-26)24-8-5-7-22(17-24)18-29(31-33-15-16-34(31)3)23-10-12-27(13-11-23)37(4,35)36/h5-21H,1-4H3/b29-18+. The van der Waals surface area contributed by atoms with Crippen LogP contribution in [0.3, 0.4) is 0 Å². The van der Waals surface area contributed by atoms with Gasteiger partial charge in [0.1, 0.15) is 5.82 Å². The molecule has 0 unspecified atom stereocenters. The Morgan fingerprint density at radius 1 is 0.919 bits per heavy atom. The second-order valence-corrected chi connectivity index (χ2v) is 11.7. The molecule has 0 aliphatic heterocycles. The third-order valence-corrected chi connectivity index (χ3v) is 7.69. The molecule has 37 heavy (non-hydrogen) atoms. The van der Waals surface area contributed by atoms with Crippen LogP contribution < -0.4 is 0 Å². The number of hydrogen-bond donors (Lipinski definition) is 0. The molecule has 0 saturated heterocycles. The first-order valence-corrected chi connectivity index (χ1v) is 14.1. The van der Waals surface area contributed by atoms with Gasteiger partial charge in [0, 0.05) is 48.4 Å². The Bertz CT molecular complexity index is 1730. The zero-order chi connectivity index (χ0) is 26.2. The van der Waals surface area contributed by atoms with Gasteiger partial charge in [-0.25, -0.2) is 13.4 Å². The molecule has 5 nitrogen and oxygen atoms in total. The minimum absolute atomic E-state index is 0.293. The van der Waals surface area contributed by atoms with Crippen molar-refractivity contribution in [2.75, 3.05) is 6.26 Å². The first-order valence-electron chi connectivity index (χ1n) is 12.2. The molecule has 0 radical (unpaired) electrons. The van der Waals surface area contributed by atoms with E-state index < -0.39 is 9.84 Å². The van der Waals surface area contributed by atoms with Crippen molar-refractivity contribution in [2.45, 2.75) is 24.7 Å². The van der Waals surface area contributed by atoms with Gasteiger partial charge in [-0.05, 0) is 70.6 Å². The lowest BCUT2D eigenvalue weighted by Gasteiger charge is -2.13. The van der Waals surface area contributed by atoms with Crippen LogP contribution in [0.5, 0.6) is 0 Å². The van der Waals surface area contributed by atoms with Gasteiger partial charge < -0.3 is 4.57 Å². The predicted octanol–water partition coefficient (Wildman–Crippen LogP) is 6.75. The van der Waals surface area contributed by atoms with Crippen LogP contribution in [0.4, 0.5) is 0 Å². The van der Waals surface area contributed by atoms with E-state index in [0.717, 1.165) is 44.6 Å². The lowest BCUT2D eigenvalue weighted by Crippen LogP contribution is -2.00. The number of sulfone groups is 1. The summed E-state index contributed by atoms with van der Waals surface area (Å²) in [5, 5.41) is 1.13. The molecule has 186 valence electrons. The van der Waals surface area contributed by atoms with Gasteiger partial charge in [0.05, 0.1) is 10.4 Å². The molecule has 5 aromatic rings. The SMILES string of the molecule is CC(C)c1cc(-c2cccc(/C=C(\c3ccc(S(C)(=O)=O)cc3)c3nccn3C)c2)c2ncccc2c1. The largest absolute Gasteiger partial charge is 0.334 e. The van der Waals surface area contributed by atoms with Crippen molar-refractivity contribution in [1.82, 2.24) is 14.5 Å². The Balaban J connectivity index is 1.66. The fourth-order valence-electron chi connectivity index (χ4n) is 4.52. The predicted molar refractivity (Wildman–Crippen MR) is 151 cm³/mol. The van der Waals surface area contributed by atoms with Gasteiger partial charge in [0.25, 0.3) is 0 Å². The highest BCUT2D eigenvalue weighted by Gasteiger charge is 2.14. The summed E-state index contributed by atoms with van der Waals surface area (Å²) in [4.78, 5) is 9.57. The number of nitrogens with zero attached hydrogens (tertiary/aromatic N) is 3. The second kappa shape index (κ2) is 9.79. The number of imidazole rings is 1.